The number of hydrogen-bond acceptors (Lipinski definition) is 8. The van der Waals surface area contributed by atoms with Crippen LogP contribution in [0.25, 0.3) is 5.76 Å². The Kier molecular flexibility index (Phi) is 9.02. The van der Waals surface area contributed by atoms with Crippen LogP contribution in [0.3, 0.4) is 0 Å². The number of halogens is 2. The summed E-state index contributed by atoms with van der Waals surface area (Å²) in [6, 6.07) is 18.5. The number of aliphatic hydroxyl groups excluding tert-OH is 1. The van der Waals surface area contributed by atoms with Crippen molar-refractivity contribution in [2.24, 2.45) is 0 Å². The second-order valence-electron chi connectivity index (χ2n) is 9.18. The molecule has 1 amide bonds. The molecule has 0 spiro atoms. The van der Waals surface area contributed by atoms with Crippen molar-refractivity contribution in [2.75, 3.05) is 11.5 Å². The fourth-order valence-corrected chi connectivity index (χ4v) is 6.46. The Morgan fingerprint density at radius 2 is 1.80 bits per heavy atom. The van der Waals surface area contributed by atoms with E-state index in [9.17, 15) is 19.1 Å². The molecule has 3 aromatic carbocycles. The minimum absolute atomic E-state index is 0.123. The number of hydrogen-bond donors (Lipinski definition) is 1. The summed E-state index contributed by atoms with van der Waals surface area (Å²) in [5, 5.41) is 20.5. The van der Waals surface area contributed by atoms with E-state index in [1.165, 1.54) is 40.9 Å². The van der Waals surface area contributed by atoms with Crippen molar-refractivity contribution in [3.05, 3.63) is 106 Å². The predicted octanol–water partition coefficient (Wildman–Crippen LogP) is 7.43. The summed E-state index contributed by atoms with van der Waals surface area (Å²) in [6.07, 6.45) is 1.91. The van der Waals surface area contributed by atoms with Crippen LogP contribution in [0.1, 0.15) is 42.5 Å². The first kappa shape index (κ1) is 28.8. The van der Waals surface area contributed by atoms with Gasteiger partial charge in [0.25, 0.3) is 5.78 Å². The van der Waals surface area contributed by atoms with E-state index in [0.717, 1.165) is 29.7 Å². The van der Waals surface area contributed by atoms with E-state index in [4.69, 9.17) is 16.3 Å². The standard InChI is InChI=1S/C30H25ClFN3O4S2/c1-2-3-16-39-22-14-10-19(11-15-22)26(36)24-25(18-8-12-21(32)13-9-18)35(28(38)27(24)37)29-33-34-30(41-29)40-17-20-6-4-5-7-23(20)31/h4-15,25,36H,2-3,16-17H2,1H3/t25-/m0/s1. The van der Waals surface area contributed by atoms with Gasteiger partial charge in [-0.25, -0.2) is 4.39 Å². The van der Waals surface area contributed by atoms with Crippen molar-refractivity contribution in [1.82, 2.24) is 10.2 Å². The molecule has 1 saturated heterocycles. The number of carbonyl (C=O) groups is 2. The zero-order valence-electron chi connectivity index (χ0n) is 21.9. The molecule has 0 radical (unpaired) electrons. The van der Waals surface area contributed by atoms with Crippen LogP contribution in [0, 0.1) is 5.82 Å². The molecular weight excluding hydrogens is 585 g/mol. The summed E-state index contributed by atoms with van der Waals surface area (Å²) in [7, 11) is 0. The number of ether oxygens (including phenoxy) is 1. The second-order valence-corrected chi connectivity index (χ2v) is 11.8. The van der Waals surface area contributed by atoms with Crippen LogP contribution in [0.2, 0.25) is 5.02 Å². The van der Waals surface area contributed by atoms with Crippen LogP contribution in [-0.2, 0) is 15.3 Å². The fraction of sp³-hybridized carbons (Fsp3) is 0.200. The molecule has 210 valence electrons. The molecule has 1 atom stereocenters. The van der Waals surface area contributed by atoms with Crippen molar-refractivity contribution in [3.8, 4) is 5.75 Å². The molecule has 1 N–H and O–H groups in total. The molecule has 41 heavy (non-hydrogen) atoms. The number of aromatic nitrogens is 2. The van der Waals surface area contributed by atoms with Gasteiger partial charge in [-0.3, -0.25) is 14.5 Å². The number of unbranched alkanes of at least 4 members (excludes halogenated alkanes) is 1. The molecule has 0 bridgehead atoms. The van der Waals surface area contributed by atoms with Gasteiger partial charge in [0.15, 0.2) is 4.34 Å². The Bertz CT molecular complexity index is 1590. The van der Waals surface area contributed by atoms with Crippen molar-refractivity contribution < 1.29 is 23.8 Å². The summed E-state index contributed by atoms with van der Waals surface area (Å²) in [5.74, 6) is -1.40. The normalized spacial score (nSPS) is 16.4. The molecule has 1 aliphatic rings. The van der Waals surface area contributed by atoms with Gasteiger partial charge in [0.1, 0.15) is 17.3 Å². The number of carbonyl (C=O) groups excluding carboxylic acids is 2. The minimum atomic E-state index is -1.04. The third-order valence-electron chi connectivity index (χ3n) is 6.44. The van der Waals surface area contributed by atoms with Gasteiger partial charge in [0, 0.05) is 16.3 Å². The zero-order chi connectivity index (χ0) is 28.9. The van der Waals surface area contributed by atoms with Gasteiger partial charge < -0.3 is 9.84 Å². The predicted molar refractivity (Wildman–Crippen MR) is 159 cm³/mol. The molecule has 11 heteroatoms. The van der Waals surface area contributed by atoms with Gasteiger partial charge in [-0.2, -0.15) is 0 Å². The maximum Gasteiger partial charge on any atom is 0.301 e. The highest BCUT2D eigenvalue weighted by Gasteiger charge is 2.48. The highest BCUT2D eigenvalue weighted by atomic mass is 35.5. The molecule has 0 unspecified atom stereocenters. The smallest absolute Gasteiger partial charge is 0.301 e. The molecule has 1 fully saturated rings. The van der Waals surface area contributed by atoms with Gasteiger partial charge in [-0.05, 0) is 60.0 Å². The van der Waals surface area contributed by atoms with Crippen LogP contribution < -0.4 is 9.64 Å². The van der Waals surface area contributed by atoms with Crippen LogP contribution in [0.15, 0.2) is 82.7 Å². The Hall–Kier alpha value is -3.73. The first-order valence-electron chi connectivity index (χ1n) is 12.9. The molecule has 0 aliphatic carbocycles. The van der Waals surface area contributed by atoms with Crippen LogP contribution in [0.5, 0.6) is 5.75 Å². The first-order valence-corrected chi connectivity index (χ1v) is 15.0. The van der Waals surface area contributed by atoms with Crippen molar-refractivity contribution in [2.45, 2.75) is 35.9 Å². The summed E-state index contributed by atoms with van der Waals surface area (Å²) < 4.78 is 20.1. The highest BCUT2D eigenvalue weighted by molar-refractivity contribution is 8.00. The quantitative estimate of drug-likeness (QED) is 0.0499. The topological polar surface area (TPSA) is 92.6 Å². The van der Waals surface area contributed by atoms with Crippen LogP contribution in [0.4, 0.5) is 9.52 Å². The van der Waals surface area contributed by atoms with E-state index in [1.807, 2.05) is 18.2 Å². The Morgan fingerprint density at radius 3 is 2.51 bits per heavy atom. The number of anilines is 1. The summed E-state index contributed by atoms with van der Waals surface area (Å²) in [6.45, 7) is 2.64. The van der Waals surface area contributed by atoms with Crippen molar-refractivity contribution >= 4 is 57.3 Å². The Balaban J connectivity index is 1.49. The number of Topliss-reactive ketones (excluding diaryl/α,β-unsaturated/α-hetero) is 1. The molecule has 2 heterocycles. The molecule has 4 aromatic rings. The Morgan fingerprint density at radius 1 is 1.07 bits per heavy atom. The van der Waals surface area contributed by atoms with Gasteiger partial charge >= 0.3 is 5.91 Å². The van der Waals surface area contributed by atoms with E-state index in [2.05, 4.69) is 17.1 Å². The number of rotatable bonds is 10. The SMILES string of the molecule is CCCCOc1ccc(C(O)=C2C(=O)C(=O)N(c3nnc(SCc4ccccc4Cl)s3)[C@H]2c2ccc(F)cc2)cc1. The average Bonchev–Trinajstić information content (AvgIpc) is 3.55. The minimum Gasteiger partial charge on any atom is -0.507 e. The largest absolute Gasteiger partial charge is 0.507 e. The van der Waals surface area contributed by atoms with E-state index in [0.29, 0.717) is 38.6 Å². The zero-order valence-corrected chi connectivity index (χ0v) is 24.3. The molecule has 1 aromatic heterocycles. The molecular formula is C30H25ClFN3O4S2. The van der Waals surface area contributed by atoms with E-state index < -0.39 is 23.5 Å². The second kappa shape index (κ2) is 12.8. The first-order chi connectivity index (χ1) is 19.9. The maximum absolute atomic E-state index is 13.8. The van der Waals surface area contributed by atoms with Gasteiger partial charge in [0.05, 0.1) is 18.2 Å². The summed E-state index contributed by atoms with van der Waals surface area (Å²) in [4.78, 5) is 28.0. The van der Waals surface area contributed by atoms with E-state index >= 15 is 0 Å². The Labute approximate surface area is 249 Å². The third-order valence-corrected chi connectivity index (χ3v) is 8.91. The number of ketones is 1. The maximum atomic E-state index is 13.8. The third kappa shape index (κ3) is 6.29. The lowest BCUT2D eigenvalue weighted by molar-refractivity contribution is -0.132. The van der Waals surface area contributed by atoms with E-state index in [1.54, 1.807) is 30.3 Å². The van der Waals surface area contributed by atoms with Crippen LogP contribution >= 0.6 is 34.7 Å². The summed E-state index contributed by atoms with van der Waals surface area (Å²) in [5.41, 5.74) is 1.57. The lowest BCUT2D eigenvalue weighted by Gasteiger charge is -2.22. The number of thioether (sulfide) groups is 1. The van der Waals surface area contributed by atoms with Crippen molar-refractivity contribution in [3.63, 3.8) is 0 Å². The molecule has 5 rings (SSSR count). The number of nitrogens with zero attached hydrogens (tertiary/aromatic N) is 3. The monoisotopic (exact) mass is 609 g/mol. The lowest BCUT2D eigenvalue weighted by atomic mass is 9.95. The van der Waals surface area contributed by atoms with E-state index in [-0.39, 0.29) is 16.5 Å². The van der Waals surface area contributed by atoms with Gasteiger partial charge in [-0.1, -0.05) is 78.4 Å². The molecule has 0 saturated carbocycles. The lowest BCUT2D eigenvalue weighted by Crippen LogP contribution is -2.29. The molecule has 1 aliphatic heterocycles. The number of benzene rings is 3. The summed E-state index contributed by atoms with van der Waals surface area (Å²) >= 11 is 8.80. The van der Waals surface area contributed by atoms with Gasteiger partial charge in [-0.15, -0.1) is 10.2 Å². The fourth-order valence-electron chi connectivity index (χ4n) is 4.30. The van der Waals surface area contributed by atoms with Crippen molar-refractivity contribution in [1.29, 1.82) is 0 Å². The molecule has 7 nitrogen and oxygen atoms in total. The average molecular weight is 610 g/mol. The van der Waals surface area contributed by atoms with Gasteiger partial charge in [0.2, 0.25) is 5.13 Å². The number of amides is 1. The highest BCUT2D eigenvalue weighted by Crippen LogP contribution is 2.44. The number of aliphatic hydroxyl groups is 1. The van der Waals surface area contributed by atoms with Crippen LogP contribution in [-0.4, -0.2) is 33.6 Å².